The molecule has 3 aromatic rings. The number of rotatable bonds is 5. The van der Waals surface area contributed by atoms with Crippen molar-refractivity contribution in [1.29, 1.82) is 0 Å². The van der Waals surface area contributed by atoms with Crippen LogP contribution in [-0.4, -0.2) is 27.2 Å². The third-order valence-corrected chi connectivity index (χ3v) is 6.36. The zero-order chi connectivity index (χ0) is 22.8. The average molecular weight is 448 g/mol. The van der Waals surface area contributed by atoms with Crippen molar-refractivity contribution in [1.82, 2.24) is 4.57 Å². The molecule has 1 aliphatic rings. The number of hydrogen-bond acceptors (Lipinski definition) is 4. The fraction of sp³-hybridized carbons (Fsp3) is 0.160. The number of carbonyl (C=O) groups excluding carboxylic acids is 2. The van der Waals surface area contributed by atoms with Crippen molar-refractivity contribution in [2.24, 2.45) is 12.0 Å². The van der Waals surface area contributed by atoms with Gasteiger partial charge in [0, 0.05) is 24.0 Å². The van der Waals surface area contributed by atoms with Crippen LogP contribution in [0.5, 0.6) is 0 Å². The van der Waals surface area contributed by atoms with Crippen molar-refractivity contribution in [2.45, 2.75) is 13.8 Å². The van der Waals surface area contributed by atoms with Gasteiger partial charge in [0.15, 0.2) is 11.0 Å². The van der Waals surface area contributed by atoms with Gasteiger partial charge >= 0.3 is 0 Å². The molecule has 32 heavy (non-hydrogen) atoms. The van der Waals surface area contributed by atoms with Crippen LogP contribution in [0.15, 0.2) is 71.4 Å². The lowest BCUT2D eigenvalue weighted by atomic mass is 10.2. The minimum atomic E-state index is -0.392. The van der Waals surface area contributed by atoms with Crippen LogP contribution in [0.1, 0.15) is 27.3 Å². The summed E-state index contributed by atoms with van der Waals surface area (Å²) in [5.74, 6) is -0.614. The number of aromatic nitrogens is 1. The second kappa shape index (κ2) is 8.96. The minimum Gasteiger partial charge on any atom is -0.351 e. The fourth-order valence-corrected chi connectivity index (χ4v) is 4.36. The van der Waals surface area contributed by atoms with Crippen LogP contribution in [-0.2, 0) is 11.8 Å². The van der Waals surface area contributed by atoms with E-state index < -0.39 is 5.82 Å². The van der Waals surface area contributed by atoms with Gasteiger partial charge in [-0.2, -0.15) is 0 Å². The normalized spacial score (nSPS) is 14.9. The molecule has 0 saturated heterocycles. The highest BCUT2D eigenvalue weighted by atomic mass is 32.2. The maximum atomic E-state index is 13.4. The Morgan fingerprint density at radius 1 is 1.09 bits per heavy atom. The van der Waals surface area contributed by atoms with E-state index in [1.54, 1.807) is 6.08 Å². The number of anilines is 1. The topological polar surface area (TPSA) is 54.7 Å². The number of benzene rings is 2. The number of aryl methyl sites for hydroxylation is 1. The van der Waals surface area contributed by atoms with E-state index in [2.05, 4.69) is 4.99 Å². The first kappa shape index (κ1) is 21.8. The fourth-order valence-electron chi connectivity index (χ4n) is 3.46. The second-order valence-corrected chi connectivity index (χ2v) is 8.45. The summed E-state index contributed by atoms with van der Waals surface area (Å²) in [6, 6.07) is 16.9. The SMILES string of the molecule is Cc1cc(C(=O)CSC2=NC(=Cc3ccccc3)C(=O)N2c2ccc(F)cc2)c(C)n1C. The summed E-state index contributed by atoms with van der Waals surface area (Å²) in [5, 5.41) is 0.391. The van der Waals surface area contributed by atoms with Gasteiger partial charge < -0.3 is 4.57 Å². The molecule has 2 aromatic carbocycles. The predicted octanol–water partition coefficient (Wildman–Crippen LogP) is 5.14. The van der Waals surface area contributed by atoms with E-state index in [1.165, 1.54) is 40.9 Å². The number of hydrogen-bond donors (Lipinski definition) is 0. The molecule has 0 N–H and O–H groups in total. The Hall–Kier alpha value is -3.45. The molecule has 0 unspecified atom stereocenters. The summed E-state index contributed by atoms with van der Waals surface area (Å²) >= 11 is 1.20. The van der Waals surface area contributed by atoms with Crippen molar-refractivity contribution in [2.75, 3.05) is 10.7 Å². The van der Waals surface area contributed by atoms with Gasteiger partial charge in [0.05, 0.1) is 11.4 Å². The summed E-state index contributed by atoms with van der Waals surface area (Å²) in [5.41, 5.74) is 4.18. The molecule has 0 aliphatic carbocycles. The quantitative estimate of drug-likeness (QED) is 0.402. The molecule has 162 valence electrons. The number of carbonyl (C=O) groups is 2. The van der Waals surface area contributed by atoms with Crippen molar-refractivity contribution in [3.05, 3.63) is 94.7 Å². The molecular formula is C25H22FN3O2S. The number of nitrogens with zero attached hydrogens (tertiary/aromatic N) is 3. The van der Waals surface area contributed by atoms with E-state index in [0.717, 1.165) is 17.0 Å². The van der Waals surface area contributed by atoms with Gasteiger partial charge in [0.25, 0.3) is 5.91 Å². The molecule has 0 fully saturated rings. The largest absolute Gasteiger partial charge is 0.351 e. The molecule has 1 amide bonds. The molecule has 2 heterocycles. The lowest BCUT2D eigenvalue weighted by molar-refractivity contribution is -0.113. The summed E-state index contributed by atoms with van der Waals surface area (Å²) in [6.07, 6.45) is 1.71. The van der Waals surface area contributed by atoms with E-state index in [9.17, 15) is 14.0 Å². The Bertz CT molecular complexity index is 1240. The van der Waals surface area contributed by atoms with E-state index in [4.69, 9.17) is 0 Å². The highest BCUT2D eigenvalue weighted by Crippen LogP contribution is 2.30. The van der Waals surface area contributed by atoms with Gasteiger partial charge in [-0.3, -0.25) is 14.5 Å². The first-order valence-electron chi connectivity index (χ1n) is 10.1. The summed E-state index contributed by atoms with van der Waals surface area (Å²) < 4.78 is 15.4. The molecule has 1 aliphatic heterocycles. The standard InChI is InChI=1S/C25H22FN3O2S/c1-16-13-21(17(2)28(16)3)23(30)15-32-25-27-22(14-18-7-5-4-6-8-18)24(31)29(25)20-11-9-19(26)10-12-20/h4-14H,15H2,1-3H3. The highest BCUT2D eigenvalue weighted by molar-refractivity contribution is 8.14. The number of thioether (sulfide) groups is 1. The van der Waals surface area contributed by atoms with Crippen molar-refractivity contribution >= 4 is 40.4 Å². The van der Waals surface area contributed by atoms with Crippen LogP contribution in [0.25, 0.3) is 6.08 Å². The molecule has 0 radical (unpaired) electrons. The van der Waals surface area contributed by atoms with Crippen molar-refractivity contribution in [3.8, 4) is 0 Å². The molecule has 0 saturated carbocycles. The monoisotopic (exact) mass is 447 g/mol. The number of Topliss-reactive ketones (excluding diaryl/α,β-unsaturated/α-hetero) is 1. The third-order valence-electron chi connectivity index (χ3n) is 5.43. The molecule has 1 aromatic heterocycles. The average Bonchev–Trinajstić information content (AvgIpc) is 3.24. The zero-order valence-electron chi connectivity index (χ0n) is 18.0. The number of halogens is 1. The predicted molar refractivity (Wildman–Crippen MR) is 127 cm³/mol. The highest BCUT2D eigenvalue weighted by Gasteiger charge is 2.32. The lowest BCUT2D eigenvalue weighted by Crippen LogP contribution is -2.30. The minimum absolute atomic E-state index is 0.0362. The van der Waals surface area contributed by atoms with Crippen LogP contribution < -0.4 is 4.90 Å². The Kier molecular flexibility index (Phi) is 6.10. The van der Waals surface area contributed by atoms with Gasteiger partial charge in [0.2, 0.25) is 0 Å². The van der Waals surface area contributed by atoms with Gasteiger partial charge in [0.1, 0.15) is 11.5 Å². The number of aliphatic imine (C=N–C) groups is 1. The first-order valence-corrected chi connectivity index (χ1v) is 11.1. The van der Waals surface area contributed by atoms with E-state index in [0.29, 0.717) is 16.4 Å². The Morgan fingerprint density at radius 2 is 1.78 bits per heavy atom. The Labute approximate surface area is 190 Å². The van der Waals surface area contributed by atoms with Crippen LogP contribution in [0, 0.1) is 19.7 Å². The Balaban J connectivity index is 1.63. The summed E-state index contributed by atoms with van der Waals surface area (Å²) in [7, 11) is 1.92. The van der Waals surface area contributed by atoms with E-state index in [1.807, 2.05) is 61.9 Å². The molecule has 0 atom stereocenters. The number of amides is 1. The summed E-state index contributed by atoms with van der Waals surface area (Å²) in [6.45, 7) is 3.86. The van der Waals surface area contributed by atoms with Crippen LogP contribution in [0.3, 0.4) is 0 Å². The maximum Gasteiger partial charge on any atom is 0.283 e. The second-order valence-electron chi connectivity index (χ2n) is 7.51. The van der Waals surface area contributed by atoms with Gasteiger partial charge in [-0.05, 0) is 55.8 Å². The molecule has 5 nitrogen and oxygen atoms in total. The zero-order valence-corrected chi connectivity index (χ0v) is 18.8. The summed E-state index contributed by atoms with van der Waals surface area (Å²) in [4.78, 5) is 32.0. The van der Waals surface area contributed by atoms with Crippen molar-refractivity contribution < 1.29 is 14.0 Å². The van der Waals surface area contributed by atoms with Gasteiger partial charge in [-0.25, -0.2) is 9.38 Å². The van der Waals surface area contributed by atoms with E-state index >= 15 is 0 Å². The van der Waals surface area contributed by atoms with Crippen LogP contribution >= 0.6 is 11.8 Å². The van der Waals surface area contributed by atoms with E-state index in [-0.39, 0.29) is 23.1 Å². The molecule has 0 spiro atoms. The smallest absolute Gasteiger partial charge is 0.283 e. The van der Waals surface area contributed by atoms with Gasteiger partial charge in [-0.1, -0.05) is 42.1 Å². The Morgan fingerprint density at radius 3 is 2.41 bits per heavy atom. The van der Waals surface area contributed by atoms with Crippen LogP contribution in [0.4, 0.5) is 10.1 Å². The van der Waals surface area contributed by atoms with Crippen LogP contribution in [0.2, 0.25) is 0 Å². The third kappa shape index (κ3) is 4.29. The van der Waals surface area contributed by atoms with Gasteiger partial charge in [-0.15, -0.1) is 0 Å². The first-order chi connectivity index (χ1) is 15.3. The lowest BCUT2D eigenvalue weighted by Gasteiger charge is -2.17. The molecule has 7 heteroatoms. The van der Waals surface area contributed by atoms with Crippen molar-refractivity contribution in [3.63, 3.8) is 0 Å². The number of amidine groups is 1. The molecule has 4 rings (SSSR count). The number of ketones is 1. The molecular weight excluding hydrogens is 425 g/mol. The maximum absolute atomic E-state index is 13.4. The molecule has 0 bridgehead atoms.